The van der Waals surface area contributed by atoms with Crippen molar-refractivity contribution in [2.45, 2.75) is 32.3 Å². The molecule has 0 saturated carbocycles. The molecule has 2 aromatic carbocycles. The van der Waals surface area contributed by atoms with Crippen LogP contribution < -0.4 is 5.56 Å². The number of carbonyl (C=O) groups is 1. The average molecular weight is 469 g/mol. The molecule has 158 valence electrons. The summed E-state index contributed by atoms with van der Waals surface area (Å²) in [4.78, 5) is 33.0. The summed E-state index contributed by atoms with van der Waals surface area (Å²) < 4.78 is 1.63. The third-order valence-electron chi connectivity index (χ3n) is 5.14. The molecule has 0 radical (unpaired) electrons. The van der Waals surface area contributed by atoms with E-state index in [0.717, 1.165) is 32.9 Å². The van der Waals surface area contributed by atoms with Gasteiger partial charge in [-0.3, -0.25) is 14.2 Å². The zero-order valence-electron chi connectivity index (χ0n) is 17.4. The molecule has 0 N–H and O–H groups in total. The zero-order valence-corrected chi connectivity index (χ0v) is 19.8. The molecule has 0 bridgehead atoms. The Morgan fingerprint density at radius 2 is 1.77 bits per heavy atom. The molecule has 0 amide bonds. The van der Waals surface area contributed by atoms with Gasteiger partial charge < -0.3 is 0 Å². The lowest BCUT2D eigenvalue weighted by Crippen LogP contribution is -2.22. The van der Waals surface area contributed by atoms with Crippen LogP contribution in [-0.2, 0) is 6.42 Å². The van der Waals surface area contributed by atoms with Crippen LogP contribution in [0.2, 0.25) is 5.02 Å². The normalized spacial score (nSPS) is 11.2. The zero-order chi connectivity index (χ0) is 22.1. The number of carbonyl (C=O) groups excluding carboxylic acids is 1. The molecule has 4 rings (SSSR count). The first-order valence-electron chi connectivity index (χ1n) is 9.92. The molecule has 0 fully saturated rings. The van der Waals surface area contributed by atoms with Crippen molar-refractivity contribution < 1.29 is 4.79 Å². The SMILES string of the molecule is CCc1sc2nc(SCC(=O)c3ccc(Cl)cc3)n(-c3ccc(C)cc3)c(=O)c2c1C. The highest BCUT2D eigenvalue weighted by Gasteiger charge is 2.19. The minimum Gasteiger partial charge on any atom is -0.293 e. The van der Waals surface area contributed by atoms with E-state index in [1.54, 1.807) is 40.2 Å². The highest BCUT2D eigenvalue weighted by atomic mass is 35.5. The first-order chi connectivity index (χ1) is 14.9. The van der Waals surface area contributed by atoms with Gasteiger partial charge in [-0.2, -0.15) is 0 Å². The number of fused-ring (bicyclic) bond motifs is 1. The molecule has 0 aliphatic carbocycles. The van der Waals surface area contributed by atoms with E-state index in [1.165, 1.54) is 11.8 Å². The topological polar surface area (TPSA) is 52.0 Å². The van der Waals surface area contributed by atoms with Crippen molar-refractivity contribution in [1.82, 2.24) is 9.55 Å². The van der Waals surface area contributed by atoms with Crippen LogP contribution in [0.5, 0.6) is 0 Å². The number of nitrogens with zero attached hydrogens (tertiary/aromatic N) is 2. The Morgan fingerprint density at radius 1 is 1.10 bits per heavy atom. The van der Waals surface area contributed by atoms with Crippen LogP contribution in [0.1, 0.15) is 33.3 Å². The van der Waals surface area contributed by atoms with Gasteiger partial charge in [-0.25, -0.2) is 4.98 Å². The van der Waals surface area contributed by atoms with Gasteiger partial charge in [0.1, 0.15) is 4.83 Å². The Kier molecular flexibility index (Phi) is 6.32. The Morgan fingerprint density at radius 3 is 2.42 bits per heavy atom. The standard InChI is InChI=1S/C24H21ClN2O2S2/c1-4-20-15(3)21-22(31-20)26-24(27(23(21)29)18-11-5-14(2)6-12-18)30-13-19(28)16-7-9-17(25)10-8-16/h5-12H,4,13H2,1-3H3. The highest BCUT2D eigenvalue weighted by molar-refractivity contribution is 7.99. The molecule has 4 aromatic rings. The number of Topliss-reactive ketones (excluding diaryl/α,β-unsaturated/α-hetero) is 1. The number of thiophene rings is 1. The summed E-state index contributed by atoms with van der Waals surface area (Å²) in [7, 11) is 0. The Labute approximate surface area is 193 Å². The van der Waals surface area contributed by atoms with Gasteiger partial charge in [0, 0.05) is 15.5 Å². The van der Waals surface area contributed by atoms with E-state index < -0.39 is 0 Å². The van der Waals surface area contributed by atoms with E-state index in [-0.39, 0.29) is 17.1 Å². The second-order valence-electron chi connectivity index (χ2n) is 7.27. The van der Waals surface area contributed by atoms with Gasteiger partial charge in [-0.05, 0) is 62.2 Å². The van der Waals surface area contributed by atoms with E-state index >= 15 is 0 Å². The fraction of sp³-hybridized carbons (Fsp3) is 0.208. The number of benzene rings is 2. The fourth-order valence-corrected chi connectivity index (χ4v) is 5.61. The lowest BCUT2D eigenvalue weighted by atomic mass is 10.1. The summed E-state index contributed by atoms with van der Waals surface area (Å²) in [5.41, 5.74) is 3.34. The number of aromatic nitrogens is 2. The third-order valence-corrected chi connectivity index (χ3v) is 7.66. The van der Waals surface area contributed by atoms with Crippen LogP contribution in [0.15, 0.2) is 58.5 Å². The maximum atomic E-state index is 13.6. The van der Waals surface area contributed by atoms with Crippen molar-refractivity contribution in [3.63, 3.8) is 0 Å². The van der Waals surface area contributed by atoms with Crippen molar-refractivity contribution in [2.24, 2.45) is 0 Å². The molecule has 2 aromatic heterocycles. The summed E-state index contributed by atoms with van der Waals surface area (Å²) >= 11 is 8.76. The van der Waals surface area contributed by atoms with Gasteiger partial charge in [0.15, 0.2) is 10.9 Å². The molecule has 0 atom stereocenters. The van der Waals surface area contributed by atoms with Crippen molar-refractivity contribution >= 4 is 50.7 Å². The predicted molar refractivity (Wildman–Crippen MR) is 131 cm³/mol. The average Bonchev–Trinajstić information content (AvgIpc) is 3.09. The summed E-state index contributed by atoms with van der Waals surface area (Å²) in [6.45, 7) is 6.07. The van der Waals surface area contributed by atoms with Crippen molar-refractivity contribution in [1.29, 1.82) is 0 Å². The summed E-state index contributed by atoms with van der Waals surface area (Å²) in [6, 6.07) is 14.6. The molecule has 0 aliphatic rings. The van der Waals surface area contributed by atoms with Gasteiger partial charge in [-0.1, -0.05) is 48.0 Å². The smallest absolute Gasteiger partial charge is 0.267 e. The second-order valence-corrected chi connectivity index (χ2v) is 9.74. The van der Waals surface area contributed by atoms with E-state index in [4.69, 9.17) is 16.6 Å². The Balaban J connectivity index is 1.79. The van der Waals surface area contributed by atoms with Crippen molar-refractivity contribution in [2.75, 3.05) is 5.75 Å². The number of rotatable bonds is 6. The molecule has 0 spiro atoms. The number of ketones is 1. The molecule has 0 saturated heterocycles. The largest absolute Gasteiger partial charge is 0.293 e. The van der Waals surface area contributed by atoms with Crippen LogP contribution in [0.25, 0.3) is 15.9 Å². The number of thioether (sulfide) groups is 1. The van der Waals surface area contributed by atoms with Crippen LogP contribution in [0.3, 0.4) is 0 Å². The van der Waals surface area contributed by atoms with E-state index in [2.05, 4.69) is 6.92 Å². The lowest BCUT2D eigenvalue weighted by molar-refractivity contribution is 0.102. The molecule has 7 heteroatoms. The van der Waals surface area contributed by atoms with Crippen molar-refractivity contribution in [3.8, 4) is 5.69 Å². The Hall–Kier alpha value is -2.41. The van der Waals surface area contributed by atoms with Crippen LogP contribution in [0, 0.1) is 13.8 Å². The quantitative estimate of drug-likeness (QED) is 0.190. The van der Waals surface area contributed by atoms with Crippen LogP contribution in [0.4, 0.5) is 0 Å². The fourth-order valence-electron chi connectivity index (χ4n) is 3.42. The number of halogens is 1. The van der Waals surface area contributed by atoms with Gasteiger partial charge in [0.05, 0.1) is 16.8 Å². The predicted octanol–water partition coefficient (Wildman–Crippen LogP) is 6.25. The maximum absolute atomic E-state index is 13.6. The minimum atomic E-state index is -0.0938. The lowest BCUT2D eigenvalue weighted by Gasteiger charge is -2.12. The monoisotopic (exact) mass is 468 g/mol. The van der Waals surface area contributed by atoms with Crippen LogP contribution >= 0.6 is 34.7 Å². The number of hydrogen-bond acceptors (Lipinski definition) is 5. The van der Waals surface area contributed by atoms with E-state index in [0.29, 0.717) is 21.1 Å². The molecule has 4 nitrogen and oxygen atoms in total. The first kappa shape index (κ1) is 21.8. The third kappa shape index (κ3) is 4.33. The molecule has 0 unspecified atom stereocenters. The number of aryl methyl sites for hydroxylation is 3. The molecular weight excluding hydrogens is 448 g/mol. The first-order valence-corrected chi connectivity index (χ1v) is 12.1. The van der Waals surface area contributed by atoms with Crippen molar-refractivity contribution in [3.05, 3.63) is 85.5 Å². The number of hydrogen-bond donors (Lipinski definition) is 0. The van der Waals surface area contributed by atoms with Gasteiger partial charge in [-0.15, -0.1) is 11.3 Å². The molecule has 2 heterocycles. The molecule has 0 aliphatic heterocycles. The second kappa shape index (κ2) is 8.99. The summed E-state index contributed by atoms with van der Waals surface area (Å²) in [5, 5.41) is 1.77. The van der Waals surface area contributed by atoms with Gasteiger partial charge in [0.2, 0.25) is 0 Å². The molecule has 31 heavy (non-hydrogen) atoms. The van der Waals surface area contributed by atoms with Crippen LogP contribution in [-0.4, -0.2) is 21.1 Å². The highest BCUT2D eigenvalue weighted by Crippen LogP contribution is 2.31. The minimum absolute atomic E-state index is 0.0388. The van der Waals surface area contributed by atoms with E-state index in [9.17, 15) is 9.59 Å². The van der Waals surface area contributed by atoms with E-state index in [1.807, 2.05) is 38.1 Å². The maximum Gasteiger partial charge on any atom is 0.267 e. The molecular formula is C24H21ClN2O2S2. The Bertz CT molecular complexity index is 1320. The summed E-state index contributed by atoms with van der Waals surface area (Å²) in [5.74, 6) is 0.138. The summed E-state index contributed by atoms with van der Waals surface area (Å²) in [6.07, 6.45) is 0.856. The van der Waals surface area contributed by atoms with Gasteiger partial charge in [0.25, 0.3) is 5.56 Å². The van der Waals surface area contributed by atoms with Gasteiger partial charge >= 0.3 is 0 Å².